The summed E-state index contributed by atoms with van der Waals surface area (Å²) in [7, 11) is 0. The first kappa shape index (κ1) is 25.3. The second kappa shape index (κ2) is 10.5. The number of ketones is 1. The van der Waals surface area contributed by atoms with Gasteiger partial charge in [-0.2, -0.15) is 0 Å². The van der Waals surface area contributed by atoms with Crippen LogP contribution in [0.5, 0.6) is 5.75 Å². The van der Waals surface area contributed by atoms with Crippen LogP contribution in [0.15, 0.2) is 84.6 Å². The lowest BCUT2D eigenvalue weighted by molar-refractivity contribution is -0.140. The Bertz CT molecular complexity index is 1520. The van der Waals surface area contributed by atoms with Crippen LogP contribution in [0, 0.1) is 12.8 Å². The number of ether oxygens (including phenoxy) is 1. The van der Waals surface area contributed by atoms with Gasteiger partial charge in [0, 0.05) is 12.7 Å². The molecule has 1 amide bonds. The number of aliphatic hydroxyl groups excluding tert-OH is 1. The van der Waals surface area contributed by atoms with Crippen molar-refractivity contribution in [2.24, 2.45) is 5.92 Å². The van der Waals surface area contributed by atoms with Crippen molar-refractivity contribution < 1.29 is 19.4 Å². The molecule has 194 valence electrons. The number of nitrogens with zero attached hydrogens (tertiary/aromatic N) is 3. The van der Waals surface area contributed by atoms with E-state index in [1.807, 2.05) is 72.8 Å². The summed E-state index contributed by atoms with van der Waals surface area (Å²) < 4.78 is 7.72. The molecule has 1 N–H and O–H groups in total. The van der Waals surface area contributed by atoms with Gasteiger partial charge in [-0.1, -0.05) is 62.4 Å². The summed E-state index contributed by atoms with van der Waals surface area (Å²) in [6.45, 7) is 6.84. The Balaban J connectivity index is 1.64. The van der Waals surface area contributed by atoms with E-state index in [9.17, 15) is 14.7 Å². The number of carbonyl (C=O) groups is 2. The molecule has 0 spiro atoms. The van der Waals surface area contributed by atoms with Gasteiger partial charge < -0.3 is 14.7 Å². The minimum Gasteiger partial charge on any atom is -0.505 e. The standard InChI is InChI=1S/C31H31N3O4/c1-20(2)15-17-38-24-13-9-12-23(18-24)28-26(29(35)27-21(3)32-25-14-7-8-16-33(25)27)30(36)31(37)34(28)19-22-10-5-4-6-11-22/h4-14,16,18,20,28,35H,15,17,19H2,1-3H3/b29-26+. The van der Waals surface area contributed by atoms with Gasteiger partial charge in [-0.05, 0) is 54.7 Å². The van der Waals surface area contributed by atoms with E-state index in [-0.39, 0.29) is 17.9 Å². The lowest BCUT2D eigenvalue weighted by Gasteiger charge is -2.26. The highest BCUT2D eigenvalue weighted by molar-refractivity contribution is 6.46. The molecule has 3 heterocycles. The molecule has 1 aliphatic heterocycles. The molecule has 7 nitrogen and oxygen atoms in total. The van der Waals surface area contributed by atoms with Crippen molar-refractivity contribution >= 4 is 23.1 Å². The van der Waals surface area contributed by atoms with Gasteiger partial charge >= 0.3 is 0 Å². The number of amides is 1. The lowest BCUT2D eigenvalue weighted by Crippen LogP contribution is -2.29. The molecule has 2 aromatic carbocycles. The minimum absolute atomic E-state index is 0.0408. The fourth-order valence-corrected chi connectivity index (χ4v) is 4.88. The Morgan fingerprint density at radius 2 is 1.79 bits per heavy atom. The fraction of sp³-hybridized carbons (Fsp3) is 0.258. The maximum Gasteiger partial charge on any atom is 0.295 e. The van der Waals surface area contributed by atoms with Gasteiger partial charge in [-0.15, -0.1) is 0 Å². The van der Waals surface area contributed by atoms with Crippen LogP contribution in [0.1, 0.15) is 48.8 Å². The van der Waals surface area contributed by atoms with E-state index in [0.717, 1.165) is 12.0 Å². The number of fused-ring (bicyclic) bond motifs is 1. The van der Waals surface area contributed by atoms with E-state index in [1.54, 1.807) is 17.5 Å². The van der Waals surface area contributed by atoms with E-state index in [2.05, 4.69) is 18.8 Å². The van der Waals surface area contributed by atoms with E-state index in [0.29, 0.717) is 40.9 Å². The van der Waals surface area contributed by atoms with E-state index in [4.69, 9.17) is 4.74 Å². The van der Waals surface area contributed by atoms with E-state index >= 15 is 0 Å². The zero-order chi connectivity index (χ0) is 26.8. The van der Waals surface area contributed by atoms with Gasteiger partial charge in [-0.25, -0.2) is 4.98 Å². The monoisotopic (exact) mass is 509 g/mol. The highest BCUT2D eigenvalue weighted by atomic mass is 16.5. The quantitative estimate of drug-likeness (QED) is 0.187. The van der Waals surface area contributed by atoms with Gasteiger partial charge in [0.05, 0.1) is 23.9 Å². The van der Waals surface area contributed by atoms with E-state index < -0.39 is 17.7 Å². The van der Waals surface area contributed by atoms with Crippen LogP contribution in [-0.2, 0) is 16.1 Å². The van der Waals surface area contributed by atoms with Crippen LogP contribution in [0.3, 0.4) is 0 Å². The molecule has 1 aliphatic rings. The Hall–Kier alpha value is -4.39. The predicted molar refractivity (Wildman–Crippen MR) is 146 cm³/mol. The third kappa shape index (κ3) is 4.79. The SMILES string of the molecule is Cc1nc2ccccn2c1/C(O)=C1\C(=O)C(=O)N(Cc2ccccc2)C1c1cccc(OCCC(C)C)c1. The number of aryl methyl sites for hydroxylation is 1. The Kier molecular flexibility index (Phi) is 7.01. The summed E-state index contributed by atoms with van der Waals surface area (Å²) in [5.74, 6) is -0.464. The molecule has 1 fully saturated rings. The average Bonchev–Trinajstić information content (AvgIpc) is 3.37. The Labute approximate surface area is 222 Å². The lowest BCUT2D eigenvalue weighted by atomic mass is 9.96. The average molecular weight is 510 g/mol. The smallest absolute Gasteiger partial charge is 0.295 e. The molecule has 0 radical (unpaired) electrons. The number of aliphatic hydroxyl groups is 1. The van der Waals surface area contributed by atoms with Crippen LogP contribution < -0.4 is 4.74 Å². The number of hydrogen-bond acceptors (Lipinski definition) is 5. The molecule has 5 rings (SSSR count). The van der Waals surface area contributed by atoms with Crippen LogP contribution >= 0.6 is 0 Å². The van der Waals surface area contributed by atoms with Gasteiger partial charge in [0.15, 0.2) is 5.76 Å². The van der Waals surface area contributed by atoms with Gasteiger partial charge in [0.25, 0.3) is 11.7 Å². The first-order chi connectivity index (χ1) is 18.3. The van der Waals surface area contributed by atoms with E-state index in [1.165, 1.54) is 4.90 Å². The number of aromatic nitrogens is 2. The number of hydrogen-bond donors (Lipinski definition) is 1. The molecule has 1 saturated heterocycles. The number of rotatable bonds is 8. The molecule has 7 heteroatoms. The normalized spacial score (nSPS) is 17.1. The number of imidazole rings is 1. The summed E-state index contributed by atoms with van der Waals surface area (Å²) in [6.07, 6.45) is 2.69. The first-order valence-corrected chi connectivity index (χ1v) is 12.8. The Morgan fingerprint density at radius 3 is 2.55 bits per heavy atom. The van der Waals surface area contributed by atoms with Gasteiger partial charge in [0.1, 0.15) is 17.1 Å². The van der Waals surface area contributed by atoms with Crippen molar-refractivity contribution in [1.29, 1.82) is 0 Å². The second-order valence-electron chi connectivity index (χ2n) is 9.99. The summed E-state index contributed by atoms with van der Waals surface area (Å²) in [6, 6.07) is 21.7. The molecule has 4 aromatic rings. The van der Waals surface area contributed by atoms with Crippen molar-refractivity contribution in [3.8, 4) is 5.75 Å². The summed E-state index contributed by atoms with van der Waals surface area (Å²) in [4.78, 5) is 33.0. The molecular weight excluding hydrogens is 478 g/mol. The van der Waals surface area contributed by atoms with Crippen LogP contribution in [-0.4, -0.2) is 37.7 Å². The van der Waals surface area contributed by atoms with Crippen LogP contribution in [0.4, 0.5) is 0 Å². The molecule has 0 aliphatic carbocycles. The summed E-state index contributed by atoms with van der Waals surface area (Å²) in [5.41, 5.74) is 3.21. The molecule has 0 saturated carbocycles. The highest BCUT2D eigenvalue weighted by Gasteiger charge is 2.46. The van der Waals surface area contributed by atoms with Gasteiger partial charge in [-0.3, -0.25) is 14.0 Å². The maximum absolute atomic E-state index is 13.5. The largest absolute Gasteiger partial charge is 0.505 e. The highest BCUT2D eigenvalue weighted by Crippen LogP contribution is 2.41. The zero-order valence-electron chi connectivity index (χ0n) is 21.8. The van der Waals surface area contributed by atoms with Crippen molar-refractivity contribution in [2.45, 2.75) is 39.8 Å². The molecule has 38 heavy (non-hydrogen) atoms. The van der Waals surface area contributed by atoms with Crippen molar-refractivity contribution in [3.05, 3.63) is 107 Å². The van der Waals surface area contributed by atoms with Crippen molar-refractivity contribution in [3.63, 3.8) is 0 Å². The minimum atomic E-state index is -0.794. The van der Waals surface area contributed by atoms with Crippen LogP contribution in [0.25, 0.3) is 11.4 Å². The third-order valence-electron chi connectivity index (χ3n) is 6.80. The van der Waals surface area contributed by atoms with Crippen molar-refractivity contribution in [1.82, 2.24) is 14.3 Å². The fourth-order valence-electron chi connectivity index (χ4n) is 4.88. The zero-order valence-corrected chi connectivity index (χ0v) is 21.8. The van der Waals surface area contributed by atoms with Gasteiger partial charge in [0.2, 0.25) is 0 Å². The van der Waals surface area contributed by atoms with Crippen LogP contribution in [0.2, 0.25) is 0 Å². The Morgan fingerprint density at radius 1 is 1.03 bits per heavy atom. The second-order valence-corrected chi connectivity index (χ2v) is 9.99. The molecule has 2 aromatic heterocycles. The molecule has 1 atom stereocenters. The molecule has 0 bridgehead atoms. The predicted octanol–water partition coefficient (Wildman–Crippen LogP) is 5.69. The molecule has 1 unspecified atom stereocenters. The first-order valence-electron chi connectivity index (χ1n) is 12.8. The number of carbonyl (C=O) groups excluding carboxylic acids is 2. The number of benzene rings is 2. The molecular formula is C31H31N3O4. The number of likely N-dealkylation sites (tertiary alicyclic amines) is 1. The van der Waals surface area contributed by atoms with Crippen molar-refractivity contribution in [2.75, 3.05) is 6.61 Å². The maximum atomic E-state index is 13.5. The summed E-state index contributed by atoms with van der Waals surface area (Å²) in [5, 5.41) is 11.7. The number of pyridine rings is 1. The third-order valence-corrected chi connectivity index (χ3v) is 6.80. The number of Topliss-reactive ketones (excluding diaryl/α,β-unsaturated/α-hetero) is 1. The topological polar surface area (TPSA) is 84.1 Å². The summed E-state index contributed by atoms with van der Waals surface area (Å²) >= 11 is 0.